The molecule has 24 heavy (non-hydrogen) atoms. The second-order valence-corrected chi connectivity index (χ2v) is 7.57. The molecule has 0 bridgehead atoms. The Balaban J connectivity index is 2.51. The minimum absolute atomic E-state index is 0.265. The Labute approximate surface area is 145 Å². The van der Waals surface area contributed by atoms with Crippen LogP contribution in [0.4, 0.5) is 0 Å². The molecule has 2 rings (SSSR count). The van der Waals surface area contributed by atoms with Crippen molar-refractivity contribution in [2.24, 2.45) is 0 Å². The van der Waals surface area contributed by atoms with Crippen LogP contribution in [0.5, 0.6) is 0 Å². The molecule has 2 aromatic carbocycles. The molecule has 4 heteroatoms. The molecule has 0 saturated heterocycles. The van der Waals surface area contributed by atoms with Crippen molar-refractivity contribution in [3.8, 4) is 0 Å². The fourth-order valence-electron chi connectivity index (χ4n) is 2.60. The van der Waals surface area contributed by atoms with E-state index in [4.69, 9.17) is 0 Å². The first kappa shape index (κ1) is 18.0. The molecular weight excluding hydrogens is 318 g/mol. The summed E-state index contributed by atoms with van der Waals surface area (Å²) in [6.07, 6.45) is 2.07. The minimum Gasteiger partial charge on any atom is -0.263 e. The lowest BCUT2D eigenvalue weighted by Crippen LogP contribution is -2.32. The standard InChI is InChI=1S/C20H23NO2S/c1-5-9-17(3)21(18(4)19-10-7-6-8-11-19)24(22,23)20-14-12-16(2)13-15-20/h5-8,10-15,18H,1,3,9H2,2,4H3/t18-/m1/s1. The largest absolute Gasteiger partial charge is 0.264 e. The second-order valence-electron chi connectivity index (χ2n) is 5.76. The van der Waals surface area contributed by atoms with Crippen LogP contribution in [-0.4, -0.2) is 12.7 Å². The summed E-state index contributed by atoms with van der Waals surface area (Å²) in [5.41, 5.74) is 2.43. The third kappa shape index (κ3) is 3.77. The van der Waals surface area contributed by atoms with Crippen LogP contribution in [0.2, 0.25) is 0 Å². The summed E-state index contributed by atoms with van der Waals surface area (Å²) in [5, 5.41) is 0. The molecule has 2 aromatic rings. The second kappa shape index (κ2) is 7.49. The summed E-state index contributed by atoms with van der Waals surface area (Å²) in [7, 11) is -3.70. The van der Waals surface area contributed by atoms with Crippen molar-refractivity contribution in [3.63, 3.8) is 0 Å². The fraction of sp³-hybridized carbons (Fsp3) is 0.200. The highest BCUT2D eigenvalue weighted by Crippen LogP contribution is 2.32. The number of nitrogens with zero attached hydrogens (tertiary/aromatic N) is 1. The maximum Gasteiger partial charge on any atom is 0.264 e. The smallest absolute Gasteiger partial charge is 0.263 e. The van der Waals surface area contributed by atoms with Gasteiger partial charge in [0.15, 0.2) is 0 Å². The number of sulfonamides is 1. The Morgan fingerprint density at radius 1 is 1.12 bits per heavy atom. The van der Waals surface area contributed by atoms with E-state index in [1.807, 2.05) is 44.2 Å². The molecule has 0 aliphatic rings. The zero-order valence-electron chi connectivity index (χ0n) is 14.1. The number of benzene rings is 2. The van der Waals surface area contributed by atoms with Gasteiger partial charge in [0.25, 0.3) is 10.0 Å². The van der Waals surface area contributed by atoms with E-state index in [2.05, 4.69) is 13.2 Å². The summed E-state index contributed by atoms with van der Waals surface area (Å²) in [5.74, 6) is 0. The molecule has 0 N–H and O–H groups in total. The molecule has 0 radical (unpaired) electrons. The average molecular weight is 341 g/mol. The van der Waals surface area contributed by atoms with E-state index in [1.165, 1.54) is 4.31 Å². The molecular formula is C20H23NO2S. The third-order valence-electron chi connectivity index (χ3n) is 3.90. The van der Waals surface area contributed by atoms with Crippen LogP contribution in [0.3, 0.4) is 0 Å². The Morgan fingerprint density at radius 2 is 1.71 bits per heavy atom. The molecule has 0 amide bonds. The van der Waals surface area contributed by atoms with Crippen LogP contribution in [0.15, 0.2) is 84.4 Å². The van der Waals surface area contributed by atoms with Gasteiger partial charge in [-0.15, -0.1) is 6.58 Å². The van der Waals surface area contributed by atoms with E-state index in [0.29, 0.717) is 12.1 Å². The molecule has 0 aromatic heterocycles. The molecule has 0 unspecified atom stereocenters. The van der Waals surface area contributed by atoms with E-state index >= 15 is 0 Å². The average Bonchev–Trinajstić information content (AvgIpc) is 2.56. The predicted octanol–water partition coefficient (Wildman–Crippen LogP) is 4.84. The van der Waals surface area contributed by atoms with Gasteiger partial charge in [0, 0.05) is 12.1 Å². The third-order valence-corrected chi connectivity index (χ3v) is 5.86. The molecule has 0 aliphatic heterocycles. The first-order valence-electron chi connectivity index (χ1n) is 7.82. The molecule has 1 atom stereocenters. The van der Waals surface area contributed by atoms with Crippen molar-refractivity contribution in [1.29, 1.82) is 0 Å². The van der Waals surface area contributed by atoms with Crippen LogP contribution in [0, 0.1) is 6.92 Å². The van der Waals surface area contributed by atoms with Crippen molar-refractivity contribution >= 4 is 10.0 Å². The van der Waals surface area contributed by atoms with Crippen molar-refractivity contribution in [1.82, 2.24) is 4.31 Å². The van der Waals surface area contributed by atoms with Crippen LogP contribution >= 0.6 is 0 Å². The Morgan fingerprint density at radius 3 is 2.25 bits per heavy atom. The number of rotatable bonds is 7. The van der Waals surface area contributed by atoms with E-state index < -0.39 is 10.0 Å². The summed E-state index contributed by atoms with van der Waals surface area (Å²) >= 11 is 0. The lowest BCUT2D eigenvalue weighted by molar-refractivity contribution is 0.401. The lowest BCUT2D eigenvalue weighted by Gasteiger charge is -2.32. The van der Waals surface area contributed by atoms with Gasteiger partial charge >= 0.3 is 0 Å². The van der Waals surface area contributed by atoms with Gasteiger partial charge in [-0.1, -0.05) is 60.7 Å². The lowest BCUT2D eigenvalue weighted by atomic mass is 10.1. The highest BCUT2D eigenvalue weighted by molar-refractivity contribution is 7.89. The number of hydrogen-bond acceptors (Lipinski definition) is 2. The van der Waals surface area contributed by atoms with E-state index in [0.717, 1.165) is 11.1 Å². The first-order valence-corrected chi connectivity index (χ1v) is 9.26. The zero-order chi connectivity index (χ0) is 17.7. The van der Waals surface area contributed by atoms with Crippen LogP contribution in [-0.2, 0) is 10.0 Å². The van der Waals surface area contributed by atoms with Gasteiger partial charge < -0.3 is 0 Å². The maximum atomic E-state index is 13.2. The maximum absolute atomic E-state index is 13.2. The van der Waals surface area contributed by atoms with Crippen molar-refractivity contribution in [2.75, 3.05) is 0 Å². The number of allylic oxidation sites excluding steroid dienone is 1. The van der Waals surface area contributed by atoms with Gasteiger partial charge in [-0.05, 0) is 31.5 Å². The van der Waals surface area contributed by atoms with E-state index in [1.54, 1.807) is 30.3 Å². The SMILES string of the molecule is C=CCC(=C)N([C@H](C)c1ccccc1)S(=O)(=O)c1ccc(C)cc1. The molecule has 0 heterocycles. The quantitative estimate of drug-likeness (QED) is 0.676. The van der Waals surface area contributed by atoms with Gasteiger partial charge in [-0.3, -0.25) is 4.31 Å². The van der Waals surface area contributed by atoms with Crippen LogP contribution in [0.1, 0.15) is 30.5 Å². The fourth-order valence-corrected chi connectivity index (χ4v) is 4.26. The molecule has 0 aliphatic carbocycles. The topological polar surface area (TPSA) is 37.4 Å². The van der Waals surface area contributed by atoms with Gasteiger partial charge in [0.05, 0.1) is 10.9 Å². The highest BCUT2D eigenvalue weighted by Gasteiger charge is 2.30. The first-order chi connectivity index (χ1) is 11.4. The Kier molecular flexibility index (Phi) is 5.62. The molecule has 126 valence electrons. The highest BCUT2D eigenvalue weighted by atomic mass is 32.2. The molecule has 0 spiro atoms. The summed E-state index contributed by atoms with van der Waals surface area (Å²) in [6.45, 7) is 11.5. The van der Waals surface area contributed by atoms with Crippen molar-refractivity contribution < 1.29 is 8.42 Å². The molecule has 3 nitrogen and oxygen atoms in total. The van der Waals surface area contributed by atoms with Crippen LogP contribution in [0.25, 0.3) is 0 Å². The Bertz CT molecular complexity index is 808. The summed E-state index contributed by atoms with van der Waals surface area (Å²) < 4.78 is 27.8. The van der Waals surface area contributed by atoms with Gasteiger partial charge in [0.1, 0.15) is 0 Å². The zero-order valence-corrected chi connectivity index (χ0v) is 15.0. The Hall–Kier alpha value is -2.33. The molecule has 0 saturated carbocycles. The van der Waals surface area contributed by atoms with E-state index in [-0.39, 0.29) is 10.9 Å². The predicted molar refractivity (Wildman–Crippen MR) is 99.0 cm³/mol. The molecule has 0 fully saturated rings. The summed E-state index contributed by atoms with van der Waals surface area (Å²) in [4.78, 5) is 0.265. The van der Waals surface area contributed by atoms with Gasteiger partial charge in [-0.25, -0.2) is 8.42 Å². The van der Waals surface area contributed by atoms with E-state index in [9.17, 15) is 8.42 Å². The monoisotopic (exact) mass is 341 g/mol. The minimum atomic E-state index is -3.70. The normalized spacial score (nSPS) is 12.4. The van der Waals surface area contributed by atoms with Crippen LogP contribution < -0.4 is 0 Å². The van der Waals surface area contributed by atoms with Crippen molar-refractivity contribution in [3.05, 3.63) is 90.7 Å². The van der Waals surface area contributed by atoms with Gasteiger partial charge in [-0.2, -0.15) is 0 Å². The summed E-state index contributed by atoms with van der Waals surface area (Å²) in [6, 6.07) is 16.1. The van der Waals surface area contributed by atoms with Crippen molar-refractivity contribution in [2.45, 2.75) is 31.2 Å². The number of hydrogen-bond donors (Lipinski definition) is 0. The number of aryl methyl sites for hydroxylation is 1. The van der Waals surface area contributed by atoms with Gasteiger partial charge in [0.2, 0.25) is 0 Å².